The molecule has 0 aliphatic rings. The van der Waals surface area contributed by atoms with E-state index in [2.05, 4.69) is 4.98 Å². The molecule has 3 nitrogen and oxygen atoms in total. The first-order valence-electron chi connectivity index (χ1n) is 7.89. The summed E-state index contributed by atoms with van der Waals surface area (Å²) in [6, 6.07) is 25.0. The summed E-state index contributed by atoms with van der Waals surface area (Å²) in [7, 11) is 0. The minimum atomic E-state index is 0.483. The molecule has 3 aromatic carbocycles. The fraction of sp³-hybridized carbons (Fsp3) is 0. The molecule has 0 bridgehead atoms. The lowest BCUT2D eigenvalue weighted by atomic mass is 10.1. The van der Waals surface area contributed by atoms with Gasteiger partial charge in [0.25, 0.3) is 0 Å². The molecule has 0 radical (unpaired) electrons. The van der Waals surface area contributed by atoms with E-state index in [9.17, 15) is 0 Å². The van der Waals surface area contributed by atoms with Gasteiger partial charge in [-0.05, 0) is 42.5 Å². The number of aromatic nitrogens is 1. The van der Waals surface area contributed by atoms with Crippen molar-refractivity contribution >= 4 is 28.2 Å². The van der Waals surface area contributed by atoms with Crippen molar-refractivity contribution in [2.75, 3.05) is 5.73 Å². The molecule has 0 saturated carbocycles. The number of nitrogens with two attached hydrogens (primary N) is 1. The summed E-state index contributed by atoms with van der Waals surface area (Å²) in [6.07, 6.45) is 0. The van der Waals surface area contributed by atoms with E-state index in [-0.39, 0.29) is 0 Å². The monoisotopic (exact) mass is 346 g/mol. The topological polar surface area (TPSA) is 48.1 Å². The minimum absolute atomic E-state index is 0.483. The van der Waals surface area contributed by atoms with Crippen LogP contribution in [0.5, 0.6) is 11.5 Å². The first-order chi connectivity index (χ1) is 12.2. The molecular weight excluding hydrogens is 332 g/mol. The highest BCUT2D eigenvalue weighted by Gasteiger charge is 2.12. The van der Waals surface area contributed by atoms with Crippen LogP contribution >= 0.6 is 11.6 Å². The number of nitrogen functional groups attached to an aromatic ring is 1. The molecule has 25 heavy (non-hydrogen) atoms. The number of rotatable bonds is 3. The smallest absolute Gasteiger partial charge is 0.127 e. The van der Waals surface area contributed by atoms with Gasteiger partial charge in [-0.25, -0.2) is 4.98 Å². The number of anilines is 1. The van der Waals surface area contributed by atoms with E-state index in [1.807, 2.05) is 78.9 Å². The molecule has 4 rings (SSSR count). The third-order valence-electron chi connectivity index (χ3n) is 3.97. The van der Waals surface area contributed by atoms with Gasteiger partial charge in [0.2, 0.25) is 0 Å². The van der Waals surface area contributed by atoms with Gasteiger partial charge in [0.1, 0.15) is 11.5 Å². The lowest BCUT2D eigenvalue weighted by Gasteiger charge is -2.11. The Bertz CT molecular complexity index is 1030. The van der Waals surface area contributed by atoms with Crippen LogP contribution in [0.1, 0.15) is 0 Å². The predicted octanol–water partition coefficient (Wildman–Crippen LogP) is 5.93. The molecule has 2 N–H and O–H groups in total. The number of para-hydroxylation sites is 2. The Morgan fingerprint density at radius 1 is 0.760 bits per heavy atom. The number of hydrogen-bond acceptors (Lipinski definition) is 3. The van der Waals surface area contributed by atoms with Crippen LogP contribution in [0.15, 0.2) is 78.9 Å². The average molecular weight is 347 g/mol. The summed E-state index contributed by atoms with van der Waals surface area (Å²) < 4.78 is 5.82. The van der Waals surface area contributed by atoms with Gasteiger partial charge in [-0.1, -0.05) is 48.0 Å². The van der Waals surface area contributed by atoms with Gasteiger partial charge in [0.15, 0.2) is 0 Å². The maximum absolute atomic E-state index is 6.43. The molecule has 0 spiro atoms. The highest BCUT2D eigenvalue weighted by molar-refractivity contribution is 6.38. The first kappa shape index (κ1) is 15.5. The zero-order valence-electron chi connectivity index (χ0n) is 13.3. The second-order valence-electron chi connectivity index (χ2n) is 5.64. The van der Waals surface area contributed by atoms with Gasteiger partial charge in [0, 0.05) is 10.9 Å². The van der Waals surface area contributed by atoms with Crippen molar-refractivity contribution in [2.24, 2.45) is 0 Å². The minimum Gasteiger partial charge on any atom is -0.457 e. The molecule has 4 heteroatoms. The van der Waals surface area contributed by atoms with Crippen LogP contribution < -0.4 is 10.5 Å². The van der Waals surface area contributed by atoms with Crippen LogP contribution in [-0.2, 0) is 0 Å². The molecule has 0 atom stereocenters. The Labute approximate surface area is 150 Å². The molecule has 0 aliphatic heterocycles. The molecule has 0 fully saturated rings. The Morgan fingerprint density at radius 3 is 2.16 bits per heavy atom. The van der Waals surface area contributed by atoms with Crippen molar-refractivity contribution in [3.8, 4) is 22.8 Å². The SMILES string of the molecule is Nc1c(-c2ccc(Oc3ccccc3)cc2)nc2ccccc2c1Cl. The maximum Gasteiger partial charge on any atom is 0.127 e. The van der Waals surface area contributed by atoms with E-state index in [1.165, 1.54) is 0 Å². The zero-order valence-corrected chi connectivity index (χ0v) is 14.1. The molecule has 1 aromatic heterocycles. The van der Waals surface area contributed by atoms with Crippen molar-refractivity contribution in [2.45, 2.75) is 0 Å². The van der Waals surface area contributed by atoms with Gasteiger partial charge in [-0.15, -0.1) is 0 Å². The molecular formula is C21H15ClN2O. The van der Waals surface area contributed by atoms with E-state index in [0.717, 1.165) is 28.0 Å². The third kappa shape index (κ3) is 3.02. The van der Waals surface area contributed by atoms with Crippen molar-refractivity contribution in [1.29, 1.82) is 0 Å². The average Bonchev–Trinajstić information content (AvgIpc) is 2.66. The summed E-state index contributed by atoms with van der Waals surface area (Å²) in [5.74, 6) is 1.54. The number of hydrogen-bond donors (Lipinski definition) is 1. The van der Waals surface area contributed by atoms with Crippen molar-refractivity contribution < 1.29 is 4.74 Å². The lowest BCUT2D eigenvalue weighted by Crippen LogP contribution is -1.96. The van der Waals surface area contributed by atoms with Crippen molar-refractivity contribution in [1.82, 2.24) is 4.98 Å². The van der Waals surface area contributed by atoms with Crippen LogP contribution in [-0.4, -0.2) is 4.98 Å². The third-order valence-corrected chi connectivity index (χ3v) is 4.38. The molecule has 0 saturated heterocycles. The van der Waals surface area contributed by atoms with Crippen LogP contribution in [0.4, 0.5) is 5.69 Å². The van der Waals surface area contributed by atoms with Gasteiger partial charge in [0.05, 0.1) is 21.9 Å². The number of halogens is 1. The van der Waals surface area contributed by atoms with Crippen LogP contribution in [0, 0.1) is 0 Å². The Balaban J connectivity index is 1.70. The Morgan fingerprint density at radius 2 is 1.40 bits per heavy atom. The van der Waals surface area contributed by atoms with Crippen molar-refractivity contribution in [3.63, 3.8) is 0 Å². The molecule has 0 amide bonds. The van der Waals surface area contributed by atoms with Crippen LogP contribution in [0.25, 0.3) is 22.2 Å². The van der Waals surface area contributed by atoms with E-state index in [4.69, 9.17) is 22.1 Å². The molecule has 0 aliphatic carbocycles. The standard InChI is InChI=1S/C21H15ClN2O/c22-19-17-8-4-5-9-18(17)24-21(20(19)23)14-10-12-16(13-11-14)25-15-6-2-1-3-7-15/h1-13H,23H2. The summed E-state index contributed by atoms with van der Waals surface area (Å²) in [5, 5.41) is 1.39. The summed E-state index contributed by atoms with van der Waals surface area (Å²) in [5.41, 5.74) is 9.09. The highest BCUT2D eigenvalue weighted by atomic mass is 35.5. The molecule has 4 aromatic rings. The normalized spacial score (nSPS) is 10.8. The number of benzene rings is 3. The second kappa shape index (κ2) is 6.46. The quantitative estimate of drug-likeness (QED) is 0.500. The van der Waals surface area contributed by atoms with Crippen LogP contribution in [0.2, 0.25) is 5.02 Å². The summed E-state index contributed by atoms with van der Waals surface area (Å²) in [4.78, 5) is 4.67. The number of ether oxygens (including phenoxy) is 1. The van der Waals surface area contributed by atoms with Gasteiger partial charge >= 0.3 is 0 Å². The first-order valence-corrected chi connectivity index (χ1v) is 8.27. The predicted molar refractivity (Wildman–Crippen MR) is 103 cm³/mol. The highest BCUT2D eigenvalue weighted by Crippen LogP contribution is 2.36. The van der Waals surface area contributed by atoms with Crippen LogP contribution in [0.3, 0.4) is 0 Å². The largest absolute Gasteiger partial charge is 0.457 e. The number of fused-ring (bicyclic) bond motifs is 1. The Hall–Kier alpha value is -3.04. The lowest BCUT2D eigenvalue weighted by molar-refractivity contribution is 0.483. The summed E-state index contributed by atoms with van der Waals surface area (Å²) >= 11 is 6.43. The van der Waals surface area contributed by atoms with Gasteiger partial charge in [-0.3, -0.25) is 0 Å². The number of pyridine rings is 1. The number of nitrogens with zero attached hydrogens (tertiary/aromatic N) is 1. The zero-order chi connectivity index (χ0) is 17.2. The molecule has 1 heterocycles. The Kier molecular flexibility index (Phi) is 4.00. The van der Waals surface area contributed by atoms with E-state index in [1.54, 1.807) is 0 Å². The summed E-state index contributed by atoms with van der Waals surface area (Å²) in [6.45, 7) is 0. The second-order valence-corrected chi connectivity index (χ2v) is 6.02. The van der Waals surface area contributed by atoms with Gasteiger partial charge in [-0.2, -0.15) is 0 Å². The van der Waals surface area contributed by atoms with Gasteiger partial charge < -0.3 is 10.5 Å². The van der Waals surface area contributed by atoms with Crippen molar-refractivity contribution in [3.05, 3.63) is 83.9 Å². The fourth-order valence-electron chi connectivity index (χ4n) is 2.71. The van der Waals surface area contributed by atoms with E-state index >= 15 is 0 Å². The van der Waals surface area contributed by atoms with E-state index < -0.39 is 0 Å². The molecule has 0 unspecified atom stereocenters. The fourth-order valence-corrected chi connectivity index (χ4v) is 2.96. The maximum atomic E-state index is 6.43. The van der Waals surface area contributed by atoms with E-state index in [0.29, 0.717) is 16.4 Å². The molecule has 122 valence electrons.